The molecule has 2 aliphatic rings. The number of carbonyl (C=O) groups is 2. The molecule has 30 heavy (non-hydrogen) atoms. The average Bonchev–Trinajstić information content (AvgIpc) is 3.42. The minimum atomic E-state index is -0.497. The van der Waals surface area contributed by atoms with Crippen molar-refractivity contribution in [2.45, 2.75) is 18.9 Å². The molecule has 2 aromatic carbocycles. The maximum atomic E-state index is 12.6. The number of amides is 3. The lowest BCUT2D eigenvalue weighted by Gasteiger charge is -2.24. The fourth-order valence-electron chi connectivity index (χ4n) is 3.44. The molecule has 0 radical (unpaired) electrons. The molecular formula is C21H22ClN3O5. The van der Waals surface area contributed by atoms with Gasteiger partial charge in [-0.05, 0) is 49.2 Å². The van der Waals surface area contributed by atoms with Gasteiger partial charge in [-0.3, -0.25) is 4.79 Å². The number of nitrogens with zero attached hydrogens (tertiary/aromatic N) is 1. The number of rotatable bonds is 6. The van der Waals surface area contributed by atoms with E-state index < -0.39 is 6.04 Å². The molecule has 0 spiro atoms. The lowest BCUT2D eigenvalue weighted by atomic mass is 10.2. The first-order valence-corrected chi connectivity index (χ1v) is 10.1. The topological polar surface area (TPSA) is 89.1 Å². The number of anilines is 1. The van der Waals surface area contributed by atoms with E-state index in [4.69, 9.17) is 25.8 Å². The molecule has 2 heterocycles. The van der Waals surface area contributed by atoms with Crippen LogP contribution in [0.2, 0.25) is 5.02 Å². The van der Waals surface area contributed by atoms with Crippen molar-refractivity contribution in [3.05, 3.63) is 47.5 Å². The molecule has 1 saturated heterocycles. The van der Waals surface area contributed by atoms with Crippen LogP contribution in [0.4, 0.5) is 10.5 Å². The van der Waals surface area contributed by atoms with E-state index in [0.29, 0.717) is 54.1 Å². The van der Waals surface area contributed by atoms with Crippen molar-refractivity contribution in [3.63, 3.8) is 0 Å². The van der Waals surface area contributed by atoms with Gasteiger partial charge in [0, 0.05) is 23.3 Å². The van der Waals surface area contributed by atoms with Crippen LogP contribution in [0.25, 0.3) is 0 Å². The van der Waals surface area contributed by atoms with Crippen molar-refractivity contribution in [2.75, 3.05) is 31.8 Å². The van der Waals surface area contributed by atoms with Crippen LogP contribution in [0.5, 0.6) is 17.2 Å². The number of hydrogen-bond donors (Lipinski definition) is 2. The second-order valence-electron chi connectivity index (χ2n) is 6.94. The van der Waals surface area contributed by atoms with Gasteiger partial charge in [0.15, 0.2) is 11.5 Å². The summed E-state index contributed by atoms with van der Waals surface area (Å²) in [7, 11) is 0. The van der Waals surface area contributed by atoms with Gasteiger partial charge in [-0.15, -0.1) is 0 Å². The van der Waals surface area contributed by atoms with Crippen molar-refractivity contribution >= 4 is 29.2 Å². The first kappa shape index (κ1) is 20.2. The van der Waals surface area contributed by atoms with Crippen LogP contribution in [-0.4, -0.2) is 49.4 Å². The molecule has 0 bridgehead atoms. The van der Waals surface area contributed by atoms with E-state index in [-0.39, 0.29) is 18.7 Å². The molecule has 0 aliphatic carbocycles. The van der Waals surface area contributed by atoms with Crippen LogP contribution in [0.15, 0.2) is 42.5 Å². The second-order valence-corrected chi connectivity index (χ2v) is 7.38. The normalized spacial score (nSPS) is 17.0. The molecule has 0 saturated carbocycles. The molecule has 0 unspecified atom stereocenters. The fourth-order valence-corrected chi connectivity index (χ4v) is 3.56. The third-order valence-electron chi connectivity index (χ3n) is 4.93. The number of likely N-dealkylation sites (tertiary alicyclic amines) is 1. The van der Waals surface area contributed by atoms with Gasteiger partial charge in [0.1, 0.15) is 18.4 Å². The first-order chi connectivity index (χ1) is 14.6. The van der Waals surface area contributed by atoms with Crippen LogP contribution in [0.1, 0.15) is 12.8 Å². The van der Waals surface area contributed by atoms with E-state index in [2.05, 4.69) is 10.6 Å². The van der Waals surface area contributed by atoms with Gasteiger partial charge in [-0.25, -0.2) is 4.79 Å². The predicted octanol–water partition coefficient (Wildman–Crippen LogP) is 3.26. The molecule has 4 rings (SSSR count). The van der Waals surface area contributed by atoms with E-state index in [1.807, 2.05) is 0 Å². The van der Waals surface area contributed by atoms with Crippen LogP contribution in [0.3, 0.4) is 0 Å². The molecule has 2 N–H and O–H groups in total. The summed E-state index contributed by atoms with van der Waals surface area (Å²) in [4.78, 5) is 26.7. The van der Waals surface area contributed by atoms with Crippen molar-refractivity contribution in [3.8, 4) is 17.2 Å². The number of urea groups is 1. The van der Waals surface area contributed by atoms with Gasteiger partial charge in [-0.2, -0.15) is 0 Å². The smallest absolute Gasteiger partial charge is 0.322 e. The molecular weight excluding hydrogens is 410 g/mol. The van der Waals surface area contributed by atoms with Crippen molar-refractivity contribution < 1.29 is 23.8 Å². The number of fused-ring (bicyclic) bond motifs is 1. The van der Waals surface area contributed by atoms with Gasteiger partial charge < -0.3 is 29.7 Å². The molecule has 1 atom stereocenters. The van der Waals surface area contributed by atoms with Gasteiger partial charge in [0.2, 0.25) is 12.7 Å². The zero-order valence-corrected chi connectivity index (χ0v) is 17.0. The van der Waals surface area contributed by atoms with Crippen LogP contribution < -0.4 is 24.8 Å². The van der Waals surface area contributed by atoms with Gasteiger partial charge in [0.05, 0.1) is 6.54 Å². The summed E-state index contributed by atoms with van der Waals surface area (Å²) < 4.78 is 16.2. The van der Waals surface area contributed by atoms with E-state index in [1.54, 1.807) is 47.4 Å². The Morgan fingerprint density at radius 1 is 1.13 bits per heavy atom. The summed E-state index contributed by atoms with van der Waals surface area (Å²) in [5.74, 6) is 1.78. The zero-order chi connectivity index (χ0) is 20.9. The summed E-state index contributed by atoms with van der Waals surface area (Å²) in [6, 6.07) is 11.4. The second kappa shape index (κ2) is 9.13. The maximum Gasteiger partial charge on any atom is 0.322 e. The average molecular weight is 432 g/mol. The first-order valence-electron chi connectivity index (χ1n) is 9.73. The number of carbonyl (C=O) groups excluding carboxylic acids is 2. The molecule has 2 aromatic rings. The van der Waals surface area contributed by atoms with Gasteiger partial charge in [-0.1, -0.05) is 11.6 Å². The van der Waals surface area contributed by atoms with Crippen molar-refractivity contribution in [2.24, 2.45) is 0 Å². The van der Waals surface area contributed by atoms with Gasteiger partial charge >= 0.3 is 6.03 Å². The highest BCUT2D eigenvalue weighted by molar-refractivity contribution is 6.30. The molecule has 1 fully saturated rings. The summed E-state index contributed by atoms with van der Waals surface area (Å²) >= 11 is 5.87. The summed E-state index contributed by atoms with van der Waals surface area (Å²) in [5.41, 5.74) is 0.632. The monoisotopic (exact) mass is 431 g/mol. The third-order valence-corrected chi connectivity index (χ3v) is 5.18. The fraction of sp³-hybridized carbons (Fsp3) is 0.333. The maximum absolute atomic E-state index is 12.6. The Bertz CT molecular complexity index is 921. The molecule has 9 heteroatoms. The Morgan fingerprint density at radius 2 is 1.93 bits per heavy atom. The quantitative estimate of drug-likeness (QED) is 0.685. The van der Waals surface area contributed by atoms with Gasteiger partial charge in [0.25, 0.3) is 0 Å². The van der Waals surface area contributed by atoms with Crippen LogP contribution >= 0.6 is 11.6 Å². The highest BCUT2D eigenvalue weighted by atomic mass is 35.5. The van der Waals surface area contributed by atoms with Crippen molar-refractivity contribution in [1.82, 2.24) is 10.2 Å². The lowest BCUT2D eigenvalue weighted by Crippen LogP contribution is -2.48. The largest absolute Gasteiger partial charge is 0.492 e. The molecule has 8 nitrogen and oxygen atoms in total. The summed E-state index contributed by atoms with van der Waals surface area (Å²) in [5, 5.41) is 6.24. The number of ether oxygens (including phenoxy) is 3. The van der Waals surface area contributed by atoms with E-state index in [9.17, 15) is 9.59 Å². The molecule has 158 valence electrons. The summed E-state index contributed by atoms with van der Waals surface area (Å²) in [6.45, 7) is 1.37. The number of nitrogens with one attached hydrogen (secondary N) is 2. The standard InChI is InChI=1S/C21H22ClN3O5/c22-14-3-5-15(6-4-14)24-21(27)25-10-1-2-17(25)20(26)23-9-11-28-16-7-8-18-19(12-16)30-13-29-18/h3-8,12,17H,1-2,9-11,13H2,(H,23,26)(H,24,27)/t17-/m0/s1. The van der Waals surface area contributed by atoms with Crippen molar-refractivity contribution in [1.29, 1.82) is 0 Å². The van der Waals surface area contributed by atoms with E-state index in [0.717, 1.165) is 6.42 Å². The highest BCUT2D eigenvalue weighted by Gasteiger charge is 2.34. The highest BCUT2D eigenvalue weighted by Crippen LogP contribution is 2.35. The summed E-state index contributed by atoms with van der Waals surface area (Å²) in [6.07, 6.45) is 1.41. The Morgan fingerprint density at radius 3 is 2.77 bits per heavy atom. The predicted molar refractivity (Wildman–Crippen MR) is 111 cm³/mol. The molecule has 2 aliphatic heterocycles. The zero-order valence-electron chi connectivity index (χ0n) is 16.2. The molecule has 3 amide bonds. The van der Waals surface area contributed by atoms with Crippen LogP contribution in [-0.2, 0) is 4.79 Å². The minimum absolute atomic E-state index is 0.187. The van der Waals surface area contributed by atoms with Crippen LogP contribution in [0, 0.1) is 0 Å². The Labute approximate surface area is 179 Å². The number of halogens is 1. The SMILES string of the molecule is O=C(NCCOc1ccc2c(c1)OCO2)[C@@H]1CCCN1C(=O)Nc1ccc(Cl)cc1. The Balaban J connectivity index is 1.24. The molecule has 0 aromatic heterocycles. The third kappa shape index (κ3) is 4.71. The number of hydrogen-bond acceptors (Lipinski definition) is 5. The Hall–Kier alpha value is -3.13. The van der Waals surface area contributed by atoms with E-state index in [1.165, 1.54) is 0 Å². The Kier molecular flexibility index (Phi) is 6.13. The minimum Gasteiger partial charge on any atom is -0.492 e. The van der Waals surface area contributed by atoms with E-state index >= 15 is 0 Å². The lowest BCUT2D eigenvalue weighted by molar-refractivity contribution is -0.124. The number of benzene rings is 2.